The van der Waals surface area contributed by atoms with Gasteiger partial charge in [0.1, 0.15) is 24.5 Å². The second-order valence-corrected chi connectivity index (χ2v) is 12.3. The molecule has 0 aliphatic heterocycles. The van der Waals surface area contributed by atoms with E-state index >= 15 is 0 Å². The van der Waals surface area contributed by atoms with Crippen molar-refractivity contribution in [3.05, 3.63) is 18.2 Å². The van der Waals surface area contributed by atoms with E-state index in [9.17, 15) is 60.3 Å². The van der Waals surface area contributed by atoms with Crippen molar-refractivity contribution < 1.29 is 64.9 Å². The summed E-state index contributed by atoms with van der Waals surface area (Å²) in [5, 5.41) is -2.19. The Balaban J connectivity index is 3.50. The number of benzene rings is 2. The largest absolute Gasteiger partial charge is 0.297 e. The molecule has 30 heavy (non-hydrogen) atoms. The zero-order valence-corrected chi connectivity index (χ0v) is 17.7. The Hall–Kier alpha value is -1.75. The van der Waals surface area contributed by atoms with Crippen molar-refractivity contribution in [2.45, 2.75) is 24.5 Å². The molecule has 20 heteroatoms. The molecule has 15 nitrogen and oxygen atoms in total. The lowest BCUT2D eigenvalue weighted by atomic mass is 10.1. The van der Waals surface area contributed by atoms with E-state index in [1.807, 2.05) is 0 Å². The van der Waals surface area contributed by atoms with E-state index in [1.54, 1.807) is 0 Å². The van der Waals surface area contributed by atoms with Crippen LogP contribution in [0.3, 0.4) is 0 Å². The van der Waals surface area contributed by atoms with Crippen molar-refractivity contribution >= 4 is 61.4 Å². The molecule has 168 valence electrons. The predicted molar refractivity (Wildman–Crippen MR) is 93.0 cm³/mol. The summed E-state index contributed by atoms with van der Waals surface area (Å²) in [6.07, 6.45) is 0. The quantitative estimate of drug-likeness (QED) is 0.293. The highest BCUT2D eigenvalue weighted by Crippen LogP contribution is 2.38. The molecule has 0 bridgehead atoms. The van der Waals surface area contributed by atoms with Crippen LogP contribution in [0.4, 0.5) is 0 Å². The highest BCUT2D eigenvalue weighted by atomic mass is 32.2. The van der Waals surface area contributed by atoms with Crippen LogP contribution in [0.5, 0.6) is 0 Å². The number of rotatable bonds is 5. The molecule has 2 rings (SSSR count). The molecule has 0 atom stereocenters. The fourth-order valence-corrected chi connectivity index (χ4v) is 7.63. The molecule has 0 amide bonds. The number of hydrogen-bond donors (Lipinski definition) is 5. The fraction of sp³-hybridized carbons (Fsp3) is 0. The SMILES string of the molecule is O=S(=O)(O)c1cc2cc(S(=O)(=O)O)c(S(=O)(=O)O)c(S(=O)(=O)O)c2cc1S(=O)(=O)O. The van der Waals surface area contributed by atoms with Gasteiger partial charge in [-0.15, -0.1) is 0 Å². The monoisotopic (exact) mass is 528 g/mol. The average molecular weight is 528 g/mol. The van der Waals surface area contributed by atoms with E-state index in [0.29, 0.717) is 0 Å². The lowest BCUT2D eigenvalue weighted by Gasteiger charge is -2.14. The molecule has 0 heterocycles. The second kappa shape index (κ2) is 6.88. The molecule has 2 aromatic rings. The van der Waals surface area contributed by atoms with Crippen molar-refractivity contribution in [1.82, 2.24) is 0 Å². The third-order valence-corrected chi connectivity index (χ3v) is 8.36. The van der Waals surface area contributed by atoms with Crippen LogP contribution in [0.25, 0.3) is 10.8 Å². The summed E-state index contributed by atoms with van der Waals surface area (Å²) >= 11 is 0. The molecular weight excluding hydrogens is 520 g/mol. The van der Waals surface area contributed by atoms with Crippen LogP contribution in [-0.2, 0) is 50.6 Å². The minimum Gasteiger partial charge on any atom is -0.282 e. The van der Waals surface area contributed by atoms with E-state index in [0.717, 1.165) is 0 Å². The van der Waals surface area contributed by atoms with Crippen molar-refractivity contribution in [2.75, 3.05) is 0 Å². The van der Waals surface area contributed by atoms with Crippen LogP contribution in [0.1, 0.15) is 0 Å². The summed E-state index contributed by atoms with van der Waals surface area (Å²) in [5.41, 5.74) is 0. The smallest absolute Gasteiger partial charge is 0.282 e. The molecule has 0 spiro atoms. The molecule has 0 unspecified atom stereocenters. The molecule has 0 saturated carbocycles. The van der Waals surface area contributed by atoms with Gasteiger partial charge in [0.05, 0.1) is 0 Å². The van der Waals surface area contributed by atoms with Gasteiger partial charge in [0.25, 0.3) is 50.6 Å². The normalized spacial score (nSPS) is 14.2. The molecule has 2 aromatic carbocycles. The van der Waals surface area contributed by atoms with Gasteiger partial charge in [-0.2, -0.15) is 42.1 Å². The van der Waals surface area contributed by atoms with Gasteiger partial charge < -0.3 is 0 Å². The Labute approximate surface area is 168 Å². The molecule has 5 N–H and O–H groups in total. The van der Waals surface area contributed by atoms with Gasteiger partial charge in [-0.3, -0.25) is 22.8 Å². The number of hydrogen-bond acceptors (Lipinski definition) is 10. The standard InChI is InChI=1S/C10H8O15S5/c11-26(12,13)6-1-4-2-8(28(17,18)19)10(30(23,24)25)9(29(20,21)22)5(4)3-7(6)27(14,15)16/h1-3H,(H,11,12,13)(H,14,15,16)(H,17,18,19)(H,20,21,22)(H,23,24,25). The van der Waals surface area contributed by atoms with Gasteiger partial charge in [0.2, 0.25) is 0 Å². The summed E-state index contributed by atoms with van der Waals surface area (Å²) in [4.78, 5) is -9.20. The maximum Gasteiger partial charge on any atom is 0.297 e. The highest BCUT2D eigenvalue weighted by molar-refractivity contribution is 7.91. The van der Waals surface area contributed by atoms with Crippen molar-refractivity contribution in [1.29, 1.82) is 0 Å². The minimum atomic E-state index is -5.87. The predicted octanol–water partition coefficient (Wildman–Crippen LogP) is -0.927. The van der Waals surface area contributed by atoms with Gasteiger partial charge in [0, 0.05) is 5.39 Å². The lowest BCUT2D eigenvalue weighted by molar-refractivity contribution is 0.457. The molecular formula is C10H8O15S5. The van der Waals surface area contributed by atoms with Crippen LogP contribution in [0, 0.1) is 0 Å². The molecule has 0 aliphatic carbocycles. The van der Waals surface area contributed by atoms with Gasteiger partial charge in [0.15, 0.2) is 0 Å². The van der Waals surface area contributed by atoms with Crippen LogP contribution in [-0.4, -0.2) is 64.9 Å². The van der Waals surface area contributed by atoms with Crippen LogP contribution in [0.15, 0.2) is 42.7 Å². The van der Waals surface area contributed by atoms with Crippen molar-refractivity contribution in [2.24, 2.45) is 0 Å². The Kier molecular flexibility index (Phi) is 5.62. The molecule has 0 saturated heterocycles. The van der Waals surface area contributed by atoms with Crippen molar-refractivity contribution in [3.8, 4) is 0 Å². The van der Waals surface area contributed by atoms with E-state index in [-0.39, 0.29) is 18.2 Å². The zero-order valence-electron chi connectivity index (χ0n) is 13.6. The zero-order chi connectivity index (χ0) is 23.7. The van der Waals surface area contributed by atoms with Gasteiger partial charge in [-0.05, 0) is 23.6 Å². The maximum atomic E-state index is 11.8. The third-order valence-electron chi connectivity index (χ3n) is 3.43. The molecule has 0 aromatic heterocycles. The number of fused-ring (bicyclic) bond motifs is 1. The second-order valence-electron chi connectivity index (χ2n) is 5.43. The summed E-state index contributed by atoms with van der Waals surface area (Å²) in [6.45, 7) is 0. The Bertz CT molecular complexity index is 1620. The van der Waals surface area contributed by atoms with E-state index in [2.05, 4.69) is 0 Å². The van der Waals surface area contributed by atoms with Crippen LogP contribution < -0.4 is 0 Å². The van der Waals surface area contributed by atoms with E-state index < -0.39 is 85.8 Å². The van der Waals surface area contributed by atoms with Gasteiger partial charge in [-0.1, -0.05) is 0 Å². The van der Waals surface area contributed by atoms with Crippen LogP contribution in [0.2, 0.25) is 0 Å². The van der Waals surface area contributed by atoms with E-state index in [1.165, 1.54) is 0 Å². The summed E-state index contributed by atoms with van der Waals surface area (Å²) < 4.78 is 162. The average Bonchev–Trinajstić information content (AvgIpc) is 2.47. The first-order valence-corrected chi connectivity index (χ1v) is 13.8. The van der Waals surface area contributed by atoms with Gasteiger partial charge in [-0.25, -0.2) is 0 Å². The summed E-state index contributed by atoms with van der Waals surface area (Å²) in [5.74, 6) is 0. The molecule has 0 fully saturated rings. The van der Waals surface area contributed by atoms with Gasteiger partial charge >= 0.3 is 0 Å². The Morgan fingerprint density at radius 3 is 1.10 bits per heavy atom. The Morgan fingerprint density at radius 1 is 0.433 bits per heavy atom. The first-order valence-electron chi connectivity index (χ1n) is 6.58. The molecule has 0 radical (unpaired) electrons. The van der Waals surface area contributed by atoms with Crippen LogP contribution >= 0.6 is 0 Å². The third kappa shape index (κ3) is 4.61. The first kappa shape index (κ1) is 24.5. The maximum absolute atomic E-state index is 11.8. The van der Waals surface area contributed by atoms with E-state index in [4.69, 9.17) is 4.55 Å². The fourth-order valence-electron chi connectivity index (χ4n) is 2.43. The topological polar surface area (TPSA) is 272 Å². The highest BCUT2D eigenvalue weighted by Gasteiger charge is 2.36. The first-order chi connectivity index (χ1) is 13.1. The summed E-state index contributed by atoms with van der Waals surface area (Å²) in [7, 11) is -28.4. The summed E-state index contributed by atoms with van der Waals surface area (Å²) in [6, 6.07) is 0.176. The molecule has 0 aliphatic rings. The minimum absolute atomic E-state index is 0.0284. The van der Waals surface area contributed by atoms with Crippen molar-refractivity contribution in [3.63, 3.8) is 0 Å². The Morgan fingerprint density at radius 2 is 0.767 bits per heavy atom. The lowest BCUT2D eigenvalue weighted by Crippen LogP contribution is -2.16.